The Balaban J connectivity index is 0.000000334. The summed E-state index contributed by atoms with van der Waals surface area (Å²) in [4.78, 5) is 20.6. The molecule has 0 saturated heterocycles. The van der Waals surface area contributed by atoms with Crippen LogP contribution in [-0.4, -0.2) is 222 Å². The number of rotatable bonds is 20. The topological polar surface area (TPSA) is 281 Å². The van der Waals surface area contributed by atoms with E-state index >= 15 is 0 Å². The smallest absolute Gasteiger partial charge is 0.870 e. The molecule has 0 radical (unpaired) electrons. The van der Waals surface area contributed by atoms with Gasteiger partial charge in [-0.3, -0.25) is 8.98 Å². The number of aromatic hydroxyl groups is 1. The number of fused-ring (bicyclic) bond motifs is 7. The van der Waals surface area contributed by atoms with Crippen LogP contribution in [0.25, 0.3) is 0 Å². The van der Waals surface area contributed by atoms with Crippen LogP contribution in [0.4, 0.5) is 4.79 Å². The number of thiocarbonyl (C=S) groups is 2. The summed E-state index contributed by atoms with van der Waals surface area (Å²) in [5.41, 5.74) is 1.85. The molecular weight excluding hydrogens is 1910 g/mol. The summed E-state index contributed by atoms with van der Waals surface area (Å²) in [6.07, 6.45) is 18.8. The van der Waals surface area contributed by atoms with E-state index in [1.165, 1.54) is 105 Å². The summed E-state index contributed by atoms with van der Waals surface area (Å²) in [7, 11) is 26.7. The molecule has 12 atom stereocenters. The number of hydrogen-bond acceptors (Lipinski definition) is 27. The monoisotopic (exact) mass is 2070 g/mol. The standard InChI is InChI=1S/C23H36O3S.C23H34O2S.C16H30O4S.2C11H15NO3S.C8H10O3.C8H10O2S.C3H6ClNS.K.H2O/c1-21(2)9-7-10-22(3)19(21)8-11-23(4,24)20(22)15-27-18-13-16(25-5)12-17(14-18)26-6;1-21(2)9-7-10-22(3)18(21)8-11-23(4)19(22)14-26-17-13-15(24-5)12-16(25-6)20(17)23;1-14(2)8-6-9-15(3)12(14)7-10-16(4,17)13(15)11-20-21(5,18)19;1-12(2)11(13)16-10-6-8(14-3)5-9(7-10)15-4;1-12(2)11(16)15-10-6-8(13-3)5-9(7-10)14-4;1-10-7-3-6(9)4-8(5-7)11-2;1-9-6-3-7(10-2)5-8(11)4-6;1-5(2)3(4)6;;/h12-14,19-20,24H,7-11,15H2,1-6H3;12-13,18-19H,7-11,14H2,1-6H3;12-13,17H,6-11H2,1-5H3;2*5-7H,1-4H3;3-5,9H,1-2H3;3-5,11H,1-2H3;1-2H3;;1H2/q;;;;;;;;+1;/p-1/t19-,20?,22-,23+;18-,19+,22-,23+;12-,13?,15-,16+;;;;;;;/m000......./s1. The number of ether oxygens (including phenoxy) is 13. The molecule has 760 valence electrons. The molecule has 4 N–H and O–H groups in total. The predicted molar refractivity (Wildman–Crippen MR) is 559 cm³/mol. The average Bonchev–Trinajstić information content (AvgIpc) is 0.699. The molecule has 6 aromatic rings. The third kappa shape index (κ3) is 33.5. The van der Waals surface area contributed by atoms with Gasteiger partial charge in [0.05, 0.1) is 109 Å². The zero-order valence-corrected chi connectivity index (χ0v) is 96.5. The van der Waals surface area contributed by atoms with Crippen molar-refractivity contribution >= 4 is 109 Å². The van der Waals surface area contributed by atoms with Crippen LogP contribution in [0.5, 0.6) is 80.5 Å². The van der Waals surface area contributed by atoms with Crippen LogP contribution in [0.3, 0.4) is 0 Å². The maximum Gasteiger partial charge on any atom is 1.00 e. The molecule has 1 aliphatic heterocycles. The molecule has 0 bridgehead atoms. The Morgan fingerprint density at radius 2 is 0.794 bits per heavy atom. The van der Waals surface area contributed by atoms with Gasteiger partial charge < -0.3 is 97.1 Å². The van der Waals surface area contributed by atoms with Gasteiger partial charge >= 0.3 is 51.4 Å². The molecule has 0 spiro atoms. The number of aliphatic hydroxyl groups is 2. The van der Waals surface area contributed by atoms with Crippen molar-refractivity contribution in [2.24, 2.45) is 68.0 Å². The minimum absolute atomic E-state index is 0. The van der Waals surface area contributed by atoms with E-state index in [0.29, 0.717) is 90.3 Å². The minimum atomic E-state index is -3.48. The van der Waals surface area contributed by atoms with Gasteiger partial charge in [-0.1, -0.05) is 100 Å². The molecule has 1 amide bonds. The predicted octanol–water partition coefficient (Wildman–Crippen LogP) is 20.8. The van der Waals surface area contributed by atoms with Crippen molar-refractivity contribution in [3.05, 3.63) is 109 Å². The number of nitrogens with zero attached hydrogens (tertiary/aromatic N) is 3. The molecule has 6 aliphatic carbocycles. The normalized spacial score (nSPS) is 25.1. The molecule has 33 heteroatoms. The SMILES string of the molecule is CC1(C)CCC[C@]2(C)C(COS(C)(=O)=O)[C@](C)(O)CC[C@@H]12.CN(C)C(=S)Cl.COc1cc(O)cc(OC)c1.COc1cc(OC)c2c(c1)SC[C@@H]1[C@@]3(C)CCCC(C)(C)[C@@H]3CC[C@@]21C.COc1cc(OC)cc(OC(=S)N(C)C)c1.COc1cc(OC)cc(SC(=O)N(C)C)c1.COc1cc(OC)cc(SCC2[C@](C)(O)CC[C@H]3C(C)(C)CCC[C@]23C)c1.COc1cc(S)cc(OC)c1.[K+].[OH-]. The summed E-state index contributed by atoms with van der Waals surface area (Å²) in [5.74, 6) is 14.7. The van der Waals surface area contributed by atoms with Gasteiger partial charge in [0, 0.05) is 157 Å². The number of thiol groups is 1. The first-order valence-corrected chi connectivity index (χ1v) is 51.8. The number of methoxy groups -OCH3 is 12. The number of amides is 1. The van der Waals surface area contributed by atoms with Crippen LogP contribution in [-0.2, 0) is 19.7 Å². The van der Waals surface area contributed by atoms with Crippen molar-refractivity contribution in [1.29, 1.82) is 0 Å². The Morgan fingerprint density at radius 1 is 0.456 bits per heavy atom. The first kappa shape index (κ1) is 123. The van der Waals surface area contributed by atoms with E-state index in [1.807, 2.05) is 69.9 Å². The zero-order chi connectivity index (χ0) is 101. The van der Waals surface area contributed by atoms with E-state index < -0.39 is 21.3 Å². The molecule has 13 rings (SSSR count). The van der Waals surface area contributed by atoms with E-state index in [9.17, 15) is 23.4 Å². The molecule has 6 fully saturated rings. The van der Waals surface area contributed by atoms with Crippen molar-refractivity contribution in [1.82, 2.24) is 14.7 Å². The molecule has 6 saturated carbocycles. The molecule has 24 nitrogen and oxygen atoms in total. The largest absolute Gasteiger partial charge is 1.00 e. The number of hydrogen-bond donors (Lipinski definition) is 4. The number of phenols is 1. The molecule has 7 aliphatic rings. The fraction of sp³-hybridized carbons (Fsp3) is 0.621. The van der Waals surface area contributed by atoms with Gasteiger partial charge in [0.2, 0.25) is 0 Å². The number of carbonyl (C=O) groups excluding carboxylic acids is 1. The number of carbonyl (C=O) groups is 1. The second-order valence-electron chi connectivity index (χ2n) is 39.9. The summed E-state index contributed by atoms with van der Waals surface area (Å²) in [6, 6.07) is 31.2. The van der Waals surface area contributed by atoms with Crippen molar-refractivity contribution in [2.75, 3.05) is 152 Å². The second kappa shape index (κ2) is 54.0. The summed E-state index contributed by atoms with van der Waals surface area (Å²) in [5, 5.41) is 31.6. The number of halogens is 1. The van der Waals surface area contributed by atoms with Crippen LogP contribution in [0.1, 0.15) is 185 Å². The van der Waals surface area contributed by atoms with Crippen molar-refractivity contribution in [3.63, 3.8) is 0 Å². The Hall–Kier alpha value is -5.11. The summed E-state index contributed by atoms with van der Waals surface area (Å²) >= 11 is 24.0. The van der Waals surface area contributed by atoms with Gasteiger partial charge in [-0.15, -0.1) is 36.2 Å². The molecule has 136 heavy (non-hydrogen) atoms. The first-order valence-electron chi connectivity index (χ1n) is 45.6. The molecule has 6 aromatic carbocycles. The van der Waals surface area contributed by atoms with Crippen molar-refractivity contribution in [3.8, 4) is 80.5 Å². The Kier molecular flexibility index (Phi) is 48.9. The van der Waals surface area contributed by atoms with Crippen LogP contribution in [0.2, 0.25) is 0 Å². The number of thioether (sulfide) groups is 3. The molecule has 0 aromatic heterocycles. The van der Waals surface area contributed by atoms with Crippen molar-refractivity contribution < 1.29 is 151 Å². The average molecular weight is 2070 g/mol. The number of benzene rings is 6. The van der Waals surface area contributed by atoms with Gasteiger partial charge in [0.15, 0.2) is 4.45 Å². The third-order valence-electron chi connectivity index (χ3n) is 28.8. The summed E-state index contributed by atoms with van der Waals surface area (Å²) in [6.45, 7) is 28.3. The second-order valence-corrected chi connectivity index (χ2v) is 46.5. The quantitative estimate of drug-likeness (QED) is 0.0105. The Bertz CT molecular complexity index is 4680. The van der Waals surface area contributed by atoms with E-state index in [1.54, 1.807) is 151 Å². The third-order valence-corrected chi connectivity index (χ3v) is 34.0. The van der Waals surface area contributed by atoms with Gasteiger partial charge in [-0.25, -0.2) is 0 Å². The fourth-order valence-electron chi connectivity index (χ4n) is 21.9. The summed E-state index contributed by atoms with van der Waals surface area (Å²) < 4.78 is 96.3. The number of phenolic OH excluding ortho intramolecular Hbond substituents is 1. The van der Waals surface area contributed by atoms with E-state index in [4.69, 9.17) is 94.7 Å². The Morgan fingerprint density at radius 3 is 1.17 bits per heavy atom. The molecule has 2 unspecified atom stereocenters. The van der Waals surface area contributed by atoms with Crippen LogP contribution < -0.4 is 113 Å². The van der Waals surface area contributed by atoms with Crippen LogP contribution in [0.15, 0.2) is 123 Å². The van der Waals surface area contributed by atoms with Gasteiger partial charge in [0.1, 0.15) is 80.5 Å². The maximum absolute atomic E-state index is 11.5. The van der Waals surface area contributed by atoms with Crippen LogP contribution in [0, 0.1) is 68.0 Å². The zero-order valence-electron chi connectivity index (χ0n) is 86.9. The molecule has 1 heterocycles. The minimum Gasteiger partial charge on any atom is -0.870 e. The van der Waals surface area contributed by atoms with Crippen LogP contribution >= 0.6 is 84.0 Å². The van der Waals surface area contributed by atoms with E-state index in [-0.39, 0.29) is 108 Å². The van der Waals surface area contributed by atoms with Crippen molar-refractivity contribution in [2.45, 2.75) is 216 Å². The van der Waals surface area contributed by atoms with E-state index in [2.05, 4.69) is 125 Å². The van der Waals surface area contributed by atoms with E-state index in [0.717, 1.165) is 111 Å². The molecular formula is C103H157ClKN3O21S7. The van der Waals surface area contributed by atoms with Gasteiger partial charge in [-0.05, 0) is 226 Å². The maximum atomic E-state index is 11.5. The fourth-order valence-corrected chi connectivity index (χ4v) is 26.6. The first-order chi connectivity index (χ1) is 62.5. The van der Waals surface area contributed by atoms with Gasteiger partial charge in [0.25, 0.3) is 20.5 Å². The van der Waals surface area contributed by atoms with Gasteiger partial charge in [-0.2, -0.15) is 8.42 Å². The Labute approximate surface area is 890 Å².